The van der Waals surface area contributed by atoms with E-state index >= 15 is 0 Å². The third-order valence-electron chi connectivity index (χ3n) is 1.86. The lowest BCUT2D eigenvalue weighted by Gasteiger charge is -2.13. The van der Waals surface area contributed by atoms with Crippen LogP contribution in [0, 0.1) is 0 Å². The molecule has 0 amide bonds. The number of benzene rings is 1. The van der Waals surface area contributed by atoms with Crippen molar-refractivity contribution in [2.45, 2.75) is 12.2 Å². The predicted molar refractivity (Wildman–Crippen MR) is 54.6 cm³/mol. The highest BCUT2D eigenvalue weighted by atomic mass is 31.2. The van der Waals surface area contributed by atoms with E-state index in [-0.39, 0.29) is 6.42 Å². The fraction of sp³-hybridized carbons (Fsp3) is 0.250. The minimum absolute atomic E-state index is 0.143. The zero-order chi connectivity index (χ0) is 10.8. The molecule has 5 nitrogen and oxygen atoms in total. The number of anilines is 1. The summed E-state index contributed by atoms with van der Waals surface area (Å²) in [6, 6.07) is 6.74. The van der Waals surface area contributed by atoms with Gasteiger partial charge in [0.1, 0.15) is 5.78 Å². The highest BCUT2D eigenvalue weighted by molar-refractivity contribution is 7.52. The molecule has 0 bridgehead atoms. The molecule has 1 aromatic rings. The third-order valence-corrected chi connectivity index (χ3v) is 2.90. The number of nitrogen functional groups attached to an aromatic ring is 1. The summed E-state index contributed by atoms with van der Waals surface area (Å²) in [5, 5.41) is 0. The number of nitrogens with two attached hydrogens (primary N) is 2. The Morgan fingerprint density at radius 3 is 2.21 bits per heavy atom. The average molecular weight is 216 g/mol. The van der Waals surface area contributed by atoms with Crippen molar-refractivity contribution in [1.29, 1.82) is 0 Å². The quantitative estimate of drug-likeness (QED) is 0.428. The first-order valence-electron chi connectivity index (χ1n) is 4.05. The van der Waals surface area contributed by atoms with Crippen LogP contribution in [0.25, 0.3) is 0 Å². The first-order valence-corrected chi connectivity index (χ1v) is 5.73. The van der Waals surface area contributed by atoms with Gasteiger partial charge >= 0.3 is 7.60 Å². The van der Waals surface area contributed by atoms with E-state index in [1.165, 1.54) is 0 Å². The molecule has 0 radical (unpaired) electrons. The smallest absolute Gasteiger partial charge is 0.342 e. The SMILES string of the molecule is Nc1ccc(CC(N)P(=O)(O)O)cc1. The Balaban J connectivity index is 2.70. The molecule has 0 saturated heterocycles. The Labute approximate surface area is 81.9 Å². The third kappa shape index (κ3) is 3.12. The van der Waals surface area contributed by atoms with Gasteiger partial charge in [0.15, 0.2) is 0 Å². The summed E-state index contributed by atoms with van der Waals surface area (Å²) >= 11 is 0. The van der Waals surface area contributed by atoms with Crippen molar-refractivity contribution in [2.75, 3.05) is 5.73 Å². The molecular weight excluding hydrogens is 203 g/mol. The van der Waals surface area contributed by atoms with E-state index in [0.29, 0.717) is 5.69 Å². The van der Waals surface area contributed by atoms with Gasteiger partial charge in [-0.05, 0) is 24.1 Å². The second-order valence-electron chi connectivity index (χ2n) is 3.10. The largest absolute Gasteiger partial charge is 0.399 e. The molecule has 1 rings (SSSR count). The fourth-order valence-electron chi connectivity index (χ4n) is 1.01. The molecule has 0 aliphatic carbocycles. The molecular formula is C8H13N2O3P. The Kier molecular flexibility index (Phi) is 3.29. The molecule has 0 fully saturated rings. The van der Waals surface area contributed by atoms with Crippen LogP contribution in [0.5, 0.6) is 0 Å². The van der Waals surface area contributed by atoms with Crippen molar-refractivity contribution in [3.63, 3.8) is 0 Å². The summed E-state index contributed by atoms with van der Waals surface area (Å²) < 4.78 is 10.7. The molecule has 6 heteroatoms. The Morgan fingerprint density at radius 1 is 1.29 bits per heavy atom. The summed E-state index contributed by atoms with van der Waals surface area (Å²) in [6.07, 6.45) is 0.143. The standard InChI is InChI=1S/C8H13N2O3P/c9-7-3-1-6(2-4-7)5-8(10)14(11,12)13/h1-4,8H,5,9-10H2,(H2,11,12,13). The molecule has 1 atom stereocenters. The van der Waals surface area contributed by atoms with Crippen molar-refractivity contribution in [3.8, 4) is 0 Å². The lowest BCUT2D eigenvalue weighted by Crippen LogP contribution is -2.22. The molecule has 0 aliphatic rings. The molecule has 1 aromatic carbocycles. The van der Waals surface area contributed by atoms with Gasteiger partial charge in [-0.2, -0.15) is 0 Å². The molecule has 0 aromatic heterocycles. The molecule has 14 heavy (non-hydrogen) atoms. The minimum Gasteiger partial charge on any atom is -0.399 e. The van der Waals surface area contributed by atoms with Crippen molar-refractivity contribution in [3.05, 3.63) is 29.8 Å². The predicted octanol–water partition coefficient (Wildman–Crippen LogP) is 0.274. The van der Waals surface area contributed by atoms with Crippen LogP contribution >= 0.6 is 7.60 Å². The van der Waals surface area contributed by atoms with E-state index in [2.05, 4.69) is 0 Å². The Bertz CT molecular complexity index is 346. The van der Waals surface area contributed by atoms with Gasteiger partial charge in [0, 0.05) is 5.69 Å². The van der Waals surface area contributed by atoms with Crippen LogP contribution in [-0.4, -0.2) is 15.6 Å². The number of rotatable bonds is 3. The van der Waals surface area contributed by atoms with Crippen LogP contribution in [0.15, 0.2) is 24.3 Å². The highest BCUT2D eigenvalue weighted by Gasteiger charge is 2.24. The van der Waals surface area contributed by atoms with E-state index in [1.807, 2.05) is 0 Å². The second-order valence-corrected chi connectivity index (χ2v) is 4.94. The van der Waals surface area contributed by atoms with E-state index in [4.69, 9.17) is 21.3 Å². The number of hydrogen-bond acceptors (Lipinski definition) is 3. The van der Waals surface area contributed by atoms with Gasteiger partial charge in [-0.3, -0.25) is 4.57 Å². The van der Waals surface area contributed by atoms with Gasteiger partial charge in [0.2, 0.25) is 0 Å². The molecule has 0 spiro atoms. The summed E-state index contributed by atoms with van der Waals surface area (Å²) in [7, 11) is -4.19. The van der Waals surface area contributed by atoms with Crippen molar-refractivity contribution in [2.24, 2.45) is 5.73 Å². The van der Waals surface area contributed by atoms with Gasteiger partial charge in [-0.15, -0.1) is 0 Å². The van der Waals surface area contributed by atoms with Gasteiger partial charge in [0.25, 0.3) is 0 Å². The minimum atomic E-state index is -4.19. The summed E-state index contributed by atoms with van der Waals surface area (Å²) in [6.45, 7) is 0. The monoisotopic (exact) mass is 216 g/mol. The maximum atomic E-state index is 10.7. The van der Waals surface area contributed by atoms with Crippen LogP contribution in [0.2, 0.25) is 0 Å². The van der Waals surface area contributed by atoms with E-state index in [1.54, 1.807) is 24.3 Å². The molecule has 0 saturated carbocycles. The molecule has 78 valence electrons. The van der Waals surface area contributed by atoms with Gasteiger partial charge < -0.3 is 21.3 Å². The average Bonchev–Trinajstić information content (AvgIpc) is 2.07. The molecule has 0 heterocycles. The molecule has 6 N–H and O–H groups in total. The van der Waals surface area contributed by atoms with E-state index in [0.717, 1.165) is 5.56 Å². The van der Waals surface area contributed by atoms with Crippen molar-refractivity contribution in [1.82, 2.24) is 0 Å². The topological polar surface area (TPSA) is 110 Å². The zero-order valence-corrected chi connectivity index (χ0v) is 8.39. The normalized spacial score (nSPS) is 13.9. The highest BCUT2D eigenvalue weighted by Crippen LogP contribution is 2.39. The zero-order valence-electron chi connectivity index (χ0n) is 7.50. The van der Waals surface area contributed by atoms with Crippen molar-refractivity contribution < 1.29 is 14.4 Å². The maximum absolute atomic E-state index is 10.7. The summed E-state index contributed by atoms with van der Waals surface area (Å²) in [5.74, 6) is -1.15. The summed E-state index contributed by atoms with van der Waals surface area (Å²) in [4.78, 5) is 17.5. The molecule has 1 unspecified atom stereocenters. The molecule has 0 aliphatic heterocycles. The lowest BCUT2D eigenvalue weighted by atomic mass is 10.1. The van der Waals surface area contributed by atoms with Gasteiger partial charge in [-0.25, -0.2) is 0 Å². The number of hydrogen-bond donors (Lipinski definition) is 4. The fourth-order valence-corrected chi connectivity index (χ4v) is 1.46. The Hall–Kier alpha value is -0.870. The summed E-state index contributed by atoms with van der Waals surface area (Å²) in [5.41, 5.74) is 12.2. The van der Waals surface area contributed by atoms with Gasteiger partial charge in [0.05, 0.1) is 0 Å². The first-order chi connectivity index (χ1) is 6.39. The second kappa shape index (κ2) is 4.11. The van der Waals surface area contributed by atoms with Gasteiger partial charge in [-0.1, -0.05) is 12.1 Å². The van der Waals surface area contributed by atoms with Crippen LogP contribution in [0.3, 0.4) is 0 Å². The van der Waals surface area contributed by atoms with Crippen molar-refractivity contribution >= 4 is 13.3 Å². The van der Waals surface area contributed by atoms with Crippen LogP contribution in [-0.2, 0) is 11.0 Å². The van der Waals surface area contributed by atoms with Crippen LogP contribution < -0.4 is 11.5 Å². The maximum Gasteiger partial charge on any atom is 0.342 e. The lowest BCUT2D eigenvalue weighted by molar-refractivity contribution is 0.358. The van der Waals surface area contributed by atoms with E-state index < -0.39 is 13.4 Å². The van der Waals surface area contributed by atoms with E-state index in [9.17, 15) is 4.57 Å². The van der Waals surface area contributed by atoms with Crippen LogP contribution in [0.1, 0.15) is 5.56 Å². The Morgan fingerprint density at radius 2 is 1.79 bits per heavy atom. The van der Waals surface area contributed by atoms with Crippen LogP contribution in [0.4, 0.5) is 5.69 Å². The first kappa shape index (κ1) is 11.2.